The van der Waals surface area contributed by atoms with E-state index in [1.165, 1.54) is 22.9 Å². The van der Waals surface area contributed by atoms with E-state index < -0.39 is 0 Å². The van der Waals surface area contributed by atoms with Crippen LogP contribution in [-0.4, -0.2) is 43.9 Å². The molecule has 3 rings (SSSR count). The zero-order valence-corrected chi connectivity index (χ0v) is 16.2. The summed E-state index contributed by atoms with van der Waals surface area (Å²) in [6.07, 6.45) is 3.92. The number of rotatable bonds is 4. The highest BCUT2D eigenvalue weighted by molar-refractivity contribution is 8.00. The minimum atomic E-state index is -0.165. The van der Waals surface area contributed by atoms with E-state index in [0.29, 0.717) is 0 Å². The number of benzene rings is 1. The van der Waals surface area contributed by atoms with Crippen LogP contribution in [0.25, 0.3) is 5.69 Å². The van der Waals surface area contributed by atoms with Gasteiger partial charge in [-0.2, -0.15) is 0 Å². The second-order valence-corrected chi connectivity index (χ2v) is 8.35. The van der Waals surface area contributed by atoms with E-state index in [0.717, 1.165) is 42.7 Å². The fourth-order valence-corrected chi connectivity index (χ4v) is 4.16. The molecule has 1 aromatic heterocycles. The van der Waals surface area contributed by atoms with E-state index in [1.54, 1.807) is 6.33 Å². The van der Waals surface area contributed by atoms with Crippen molar-refractivity contribution in [1.82, 2.24) is 19.7 Å². The predicted octanol–water partition coefficient (Wildman–Crippen LogP) is 3.62. The molecule has 0 bridgehead atoms. The number of nitrogens with zero attached hydrogens (tertiary/aromatic N) is 4. The van der Waals surface area contributed by atoms with Gasteiger partial charge in [-0.15, -0.1) is 10.2 Å². The minimum Gasteiger partial charge on any atom is -0.342 e. The van der Waals surface area contributed by atoms with Gasteiger partial charge in [0.25, 0.3) is 0 Å². The maximum Gasteiger partial charge on any atom is 0.235 e. The molecule has 1 unspecified atom stereocenters. The van der Waals surface area contributed by atoms with Crippen molar-refractivity contribution < 1.29 is 4.79 Å². The van der Waals surface area contributed by atoms with E-state index in [-0.39, 0.29) is 11.2 Å². The first-order valence-corrected chi connectivity index (χ1v) is 9.76. The minimum absolute atomic E-state index is 0.165. The Balaban J connectivity index is 1.73. The first kappa shape index (κ1) is 18.0. The normalized spacial score (nSPS) is 16.9. The number of hydrogen-bond acceptors (Lipinski definition) is 4. The van der Waals surface area contributed by atoms with Gasteiger partial charge < -0.3 is 4.90 Å². The Morgan fingerprint density at radius 1 is 1.28 bits per heavy atom. The second kappa shape index (κ2) is 7.60. The molecule has 1 atom stereocenters. The number of thioether (sulfide) groups is 1. The van der Waals surface area contributed by atoms with Gasteiger partial charge in [-0.05, 0) is 51.2 Å². The summed E-state index contributed by atoms with van der Waals surface area (Å²) in [5, 5.41) is 8.90. The summed E-state index contributed by atoms with van der Waals surface area (Å²) < 4.78 is 1.97. The van der Waals surface area contributed by atoms with Crippen LogP contribution >= 0.6 is 11.8 Å². The van der Waals surface area contributed by atoms with Crippen LogP contribution in [0.2, 0.25) is 0 Å². The standard InChI is InChI=1S/C19H26N4OS/c1-13-7-9-22(10-8-13)18(24)16(4)25-19-21-20-12-23(19)17-6-5-14(2)11-15(17)3/h5-6,11-13,16H,7-10H2,1-4H3. The molecule has 134 valence electrons. The number of likely N-dealkylation sites (tertiary alicyclic amines) is 1. The Labute approximate surface area is 153 Å². The molecule has 1 amide bonds. The van der Waals surface area contributed by atoms with Crippen LogP contribution in [0.5, 0.6) is 0 Å². The van der Waals surface area contributed by atoms with E-state index in [2.05, 4.69) is 49.2 Å². The Hall–Kier alpha value is -1.82. The van der Waals surface area contributed by atoms with E-state index >= 15 is 0 Å². The van der Waals surface area contributed by atoms with Gasteiger partial charge in [-0.1, -0.05) is 36.4 Å². The quantitative estimate of drug-likeness (QED) is 0.783. The summed E-state index contributed by atoms with van der Waals surface area (Å²) >= 11 is 1.49. The van der Waals surface area contributed by atoms with Crippen molar-refractivity contribution in [1.29, 1.82) is 0 Å². The lowest BCUT2D eigenvalue weighted by Crippen LogP contribution is -2.41. The molecule has 0 N–H and O–H groups in total. The first-order valence-electron chi connectivity index (χ1n) is 8.89. The van der Waals surface area contributed by atoms with Crippen LogP contribution in [0.15, 0.2) is 29.7 Å². The van der Waals surface area contributed by atoms with Crippen molar-refractivity contribution in [3.8, 4) is 5.69 Å². The Morgan fingerprint density at radius 2 is 2.00 bits per heavy atom. The lowest BCUT2D eigenvalue weighted by molar-refractivity contribution is -0.131. The van der Waals surface area contributed by atoms with Gasteiger partial charge >= 0.3 is 0 Å². The van der Waals surface area contributed by atoms with Crippen molar-refractivity contribution in [3.05, 3.63) is 35.7 Å². The Morgan fingerprint density at radius 3 is 2.68 bits per heavy atom. The van der Waals surface area contributed by atoms with Crippen molar-refractivity contribution >= 4 is 17.7 Å². The van der Waals surface area contributed by atoms with Crippen LogP contribution in [0.3, 0.4) is 0 Å². The average molecular weight is 359 g/mol. The molecule has 0 saturated carbocycles. The van der Waals surface area contributed by atoms with Crippen molar-refractivity contribution in [2.24, 2.45) is 5.92 Å². The zero-order valence-electron chi connectivity index (χ0n) is 15.4. The number of aryl methyl sites for hydroxylation is 2. The molecule has 0 aliphatic carbocycles. The summed E-state index contributed by atoms with van der Waals surface area (Å²) in [7, 11) is 0. The van der Waals surface area contributed by atoms with Gasteiger partial charge in [0.15, 0.2) is 5.16 Å². The molecule has 1 aliphatic heterocycles. The number of carbonyl (C=O) groups is 1. The molecule has 1 aliphatic rings. The topological polar surface area (TPSA) is 51.0 Å². The molecule has 6 heteroatoms. The molecule has 25 heavy (non-hydrogen) atoms. The summed E-state index contributed by atoms with van der Waals surface area (Å²) in [6.45, 7) is 10.1. The summed E-state index contributed by atoms with van der Waals surface area (Å²) in [5.41, 5.74) is 3.46. The Kier molecular flexibility index (Phi) is 5.47. The molecule has 1 saturated heterocycles. The smallest absolute Gasteiger partial charge is 0.235 e. The third-order valence-corrected chi connectivity index (χ3v) is 5.90. The molecule has 0 spiro atoms. The van der Waals surface area contributed by atoms with Gasteiger partial charge in [0, 0.05) is 13.1 Å². The summed E-state index contributed by atoms with van der Waals surface area (Å²) in [4.78, 5) is 14.7. The number of aromatic nitrogens is 3. The first-order chi connectivity index (χ1) is 12.0. The molecule has 1 aromatic carbocycles. The Bertz CT molecular complexity index is 750. The molecular formula is C19H26N4OS. The van der Waals surface area contributed by atoms with Gasteiger partial charge in [-0.25, -0.2) is 0 Å². The van der Waals surface area contributed by atoms with Crippen LogP contribution in [0.4, 0.5) is 0 Å². The molecule has 1 fully saturated rings. The maximum atomic E-state index is 12.7. The summed E-state index contributed by atoms with van der Waals surface area (Å²) in [5.74, 6) is 0.923. The highest BCUT2D eigenvalue weighted by Crippen LogP contribution is 2.27. The SMILES string of the molecule is Cc1ccc(-n2cnnc2SC(C)C(=O)N2CCC(C)CC2)c(C)c1. The van der Waals surface area contributed by atoms with E-state index in [9.17, 15) is 4.79 Å². The van der Waals surface area contributed by atoms with E-state index in [4.69, 9.17) is 0 Å². The number of hydrogen-bond donors (Lipinski definition) is 0. The van der Waals surface area contributed by atoms with E-state index in [1.807, 2.05) is 16.4 Å². The summed E-state index contributed by atoms with van der Waals surface area (Å²) in [6, 6.07) is 6.31. The fourth-order valence-electron chi connectivity index (χ4n) is 3.24. The van der Waals surface area contributed by atoms with Gasteiger partial charge in [0.2, 0.25) is 5.91 Å². The van der Waals surface area contributed by atoms with Crippen LogP contribution < -0.4 is 0 Å². The second-order valence-electron chi connectivity index (χ2n) is 7.04. The largest absolute Gasteiger partial charge is 0.342 e. The molecule has 0 radical (unpaired) electrons. The average Bonchev–Trinajstić information content (AvgIpc) is 3.02. The number of carbonyl (C=O) groups excluding carboxylic acids is 1. The van der Waals surface area contributed by atoms with Crippen LogP contribution in [-0.2, 0) is 4.79 Å². The third kappa shape index (κ3) is 4.06. The third-order valence-electron chi connectivity index (χ3n) is 4.85. The highest BCUT2D eigenvalue weighted by Gasteiger charge is 2.26. The molecule has 5 nitrogen and oxygen atoms in total. The predicted molar refractivity (Wildman–Crippen MR) is 101 cm³/mol. The number of piperidine rings is 1. The maximum absolute atomic E-state index is 12.7. The zero-order chi connectivity index (χ0) is 18.0. The monoisotopic (exact) mass is 358 g/mol. The van der Waals surface area contributed by atoms with Crippen molar-refractivity contribution in [3.63, 3.8) is 0 Å². The van der Waals surface area contributed by atoms with Gasteiger partial charge in [0.1, 0.15) is 6.33 Å². The van der Waals surface area contributed by atoms with Crippen LogP contribution in [0.1, 0.15) is 37.8 Å². The number of amides is 1. The fraction of sp³-hybridized carbons (Fsp3) is 0.526. The molecular weight excluding hydrogens is 332 g/mol. The lowest BCUT2D eigenvalue weighted by atomic mass is 9.99. The molecule has 2 aromatic rings. The van der Waals surface area contributed by atoms with Crippen molar-refractivity contribution in [2.75, 3.05) is 13.1 Å². The molecule has 2 heterocycles. The van der Waals surface area contributed by atoms with Crippen molar-refractivity contribution in [2.45, 2.75) is 50.9 Å². The lowest BCUT2D eigenvalue weighted by Gasteiger charge is -2.31. The van der Waals surface area contributed by atoms with Gasteiger partial charge in [-0.3, -0.25) is 9.36 Å². The van der Waals surface area contributed by atoms with Crippen LogP contribution in [0, 0.1) is 19.8 Å². The highest BCUT2D eigenvalue weighted by atomic mass is 32.2. The van der Waals surface area contributed by atoms with Gasteiger partial charge in [0.05, 0.1) is 10.9 Å².